The van der Waals surface area contributed by atoms with Gasteiger partial charge in [-0.15, -0.1) is 11.3 Å². The number of hydrogen-bond donors (Lipinski definition) is 1. The zero-order valence-electron chi connectivity index (χ0n) is 19.6. The number of halogens is 2. The van der Waals surface area contributed by atoms with Gasteiger partial charge in [0.1, 0.15) is 16.5 Å². The zero-order chi connectivity index (χ0) is 24.9. The van der Waals surface area contributed by atoms with Gasteiger partial charge in [0.05, 0.1) is 12.2 Å². The van der Waals surface area contributed by atoms with Gasteiger partial charge in [0, 0.05) is 48.3 Å². The maximum absolute atomic E-state index is 14.1. The van der Waals surface area contributed by atoms with Gasteiger partial charge in [-0.2, -0.15) is 0 Å². The Morgan fingerprint density at radius 1 is 1.11 bits per heavy atom. The third kappa shape index (κ3) is 6.10. The van der Waals surface area contributed by atoms with Gasteiger partial charge in [0.2, 0.25) is 0 Å². The molecule has 1 aromatic heterocycles. The van der Waals surface area contributed by atoms with Crippen LogP contribution in [0.25, 0.3) is 0 Å². The minimum atomic E-state index is -0.258. The first kappa shape index (κ1) is 24.9. The number of nitrogens with zero attached hydrogens (tertiary/aromatic N) is 4. The number of para-hydroxylation sites is 1. The lowest BCUT2D eigenvalue weighted by Gasteiger charge is -2.35. The molecule has 1 fully saturated rings. The Labute approximate surface area is 213 Å². The minimum Gasteiger partial charge on any atom is -0.366 e. The lowest BCUT2D eigenvalue weighted by Crippen LogP contribution is -2.49. The molecule has 3 aromatic rings. The van der Waals surface area contributed by atoms with Crippen LogP contribution in [0.2, 0.25) is 5.02 Å². The minimum absolute atomic E-state index is 0.0724. The fourth-order valence-corrected chi connectivity index (χ4v) is 4.76. The van der Waals surface area contributed by atoms with Gasteiger partial charge in [0.15, 0.2) is 0 Å². The Kier molecular flexibility index (Phi) is 7.87. The molecular formula is C25H27ClFN5O2S. The molecule has 1 aliphatic heterocycles. The Bertz CT molecular complexity index is 1180. The summed E-state index contributed by atoms with van der Waals surface area (Å²) in [5, 5.41) is 5.88. The maximum Gasteiger partial charge on any atom is 0.322 e. The van der Waals surface area contributed by atoms with Crippen LogP contribution in [-0.2, 0) is 6.54 Å². The fraction of sp³-hybridized carbons (Fsp3) is 0.320. The average Bonchev–Trinajstić information content (AvgIpc) is 3.32. The van der Waals surface area contributed by atoms with Crippen molar-refractivity contribution in [1.29, 1.82) is 0 Å². The van der Waals surface area contributed by atoms with Gasteiger partial charge < -0.3 is 20.0 Å². The highest BCUT2D eigenvalue weighted by Gasteiger charge is 2.26. The Balaban J connectivity index is 1.36. The van der Waals surface area contributed by atoms with E-state index in [9.17, 15) is 14.0 Å². The Morgan fingerprint density at radius 3 is 2.46 bits per heavy atom. The molecule has 1 N–H and O–H groups in total. The van der Waals surface area contributed by atoms with E-state index in [0.29, 0.717) is 53.3 Å². The summed E-state index contributed by atoms with van der Waals surface area (Å²) in [7, 11) is 0. The average molecular weight is 516 g/mol. The molecular weight excluding hydrogens is 489 g/mol. The molecule has 0 spiro atoms. The van der Waals surface area contributed by atoms with Gasteiger partial charge in [-0.25, -0.2) is 14.2 Å². The number of benzene rings is 2. The van der Waals surface area contributed by atoms with E-state index < -0.39 is 0 Å². The van der Waals surface area contributed by atoms with Gasteiger partial charge in [-0.3, -0.25) is 4.79 Å². The molecule has 0 radical (unpaired) electrons. The van der Waals surface area contributed by atoms with Crippen LogP contribution in [-0.4, -0.2) is 58.9 Å². The number of hydrogen-bond acceptors (Lipinski definition) is 5. The predicted molar refractivity (Wildman–Crippen MR) is 138 cm³/mol. The molecule has 0 saturated carbocycles. The third-order valence-electron chi connectivity index (χ3n) is 5.82. The second kappa shape index (κ2) is 11.0. The van der Waals surface area contributed by atoms with Crippen LogP contribution >= 0.6 is 22.9 Å². The van der Waals surface area contributed by atoms with E-state index in [1.165, 1.54) is 17.4 Å². The molecule has 0 atom stereocenters. The van der Waals surface area contributed by atoms with E-state index in [4.69, 9.17) is 11.6 Å². The van der Waals surface area contributed by atoms with Gasteiger partial charge >= 0.3 is 6.03 Å². The van der Waals surface area contributed by atoms with E-state index >= 15 is 0 Å². The fourth-order valence-electron chi connectivity index (χ4n) is 3.87. The highest BCUT2D eigenvalue weighted by Crippen LogP contribution is 2.22. The number of aromatic nitrogens is 1. The maximum atomic E-state index is 14.1. The van der Waals surface area contributed by atoms with Crippen molar-refractivity contribution in [2.45, 2.75) is 26.4 Å². The van der Waals surface area contributed by atoms with Crippen LogP contribution in [0.4, 0.5) is 20.6 Å². The largest absolute Gasteiger partial charge is 0.366 e. The molecule has 2 aromatic carbocycles. The van der Waals surface area contributed by atoms with Crippen LogP contribution in [0, 0.1) is 5.82 Å². The molecule has 1 aliphatic rings. The molecule has 0 aliphatic carbocycles. The summed E-state index contributed by atoms with van der Waals surface area (Å²) in [4.78, 5) is 35.7. The third-order valence-corrected chi connectivity index (χ3v) is 6.90. The molecule has 35 heavy (non-hydrogen) atoms. The van der Waals surface area contributed by atoms with Crippen LogP contribution < -0.4 is 10.2 Å². The Hall–Kier alpha value is -3.17. The quantitative estimate of drug-likeness (QED) is 0.481. The van der Waals surface area contributed by atoms with Gasteiger partial charge in [0.25, 0.3) is 5.91 Å². The van der Waals surface area contributed by atoms with Crippen molar-refractivity contribution < 1.29 is 14.0 Å². The molecule has 0 bridgehead atoms. The second-order valence-corrected chi connectivity index (χ2v) is 9.89. The number of nitrogens with one attached hydrogen (secondary N) is 1. The van der Waals surface area contributed by atoms with E-state index in [1.807, 2.05) is 24.8 Å². The first-order valence-electron chi connectivity index (χ1n) is 11.4. The van der Waals surface area contributed by atoms with Crippen LogP contribution in [0.3, 0.4) is 0 Å². The molecule has 1 saturated heterocycles. The molecule has 4 rings (SSSR count). The van der Waals surface area contributed by atoms with Crippen molar-refractivity contribution in [2.75, 3.05) is 36.4 Å². The number of carbonyl (C=O) groups is 2. The normalized spacial score (nSPS) is 13.7. The first-order chi connectivity index (χ1) is 16.8. The van der Waals surface area contributed by atoms with E-state index in [-0.39, 0.29) is 30.3 Å². The van der Waals surface area contributed by atoms with E-state index in [2.05, 4.69) is 10.3 Å². The number of thiazole rings is 1. The second-order valence-electron chi connectivity index (χ2n) is 8.52. The molecule has 10 heteroatoms. The van der Waals surface area contributed by atoms with Crippen molar-refractivity contribution in [3.8, 4) is 0 Å². The SMILES string of the molecule is CC(C)N(Cc1nc(C(=O)N2CCN(c3ccccc3F)CC2)cs1)C(=O)Nc1ccc(Cl)cc1. The molecule has 184 valence electrons. The number of carbonyl (C=O) groups excluding carboxylic acids is 2. The molecule has 0 unspecified atom stereocenters. The van der Waals surface area contributed by atoms with E-state index in [1.54, 1.807) is 51.6 Å². The van der Waals surface area contributed by atoms with Crippen LogP contribution in [0.15, 0.2) is 53.9 Å². The predicted octanol–water partition coefficient (Wildman–Crippen LogP) is 5.34. The molecule has 2 heterocycles. The Morgan fingerprint density at radius 2 is 1.80 bits per heavy atom. The summed E-state index contributed by atoms with van der Waals surface area (Å²) < 4.78 is 14.1. The highest BCUT2D eigenvalue weighted by molar-refractivity contribution is 7.09. The van der Waals surface area contributed by atoms with Crippen molar-refractivity contribution in [3.05, 3.63) is 75.5 Å². The van der Waals surface area contributed by atoms with Crippen LogP contribution in [0.5, 0.6) is 0 Å². The summed E-state index contributed by atoms with van der Waals surface area (Å²) in [6, 6.07) is 13.3. The number of amides is 3. The van der Waals surface area contributed by atoms with Crippen LogP contribution in [0.1, 0.15) is 29.3 Å². The number of rotatable bonds is 6. The monoisotopic (exact) mass is 515 g/mol. The highest BCUT2D eigenvalue weighted by atomic mass is 35.5. The van der Waals surface area contributed by atoms with Crippen molar-refractivity contribution in [1.82, 2.24) is 14.8 Å². The van der Waals surface area contributed by atoms with Crippen molar-refractivity contribution >= 4 is 46.3 Å². The zero-order valence-corrected chi connectivity index (χ0v) is 21.2. The number of anilines is 2. The molecule has 3 amide bonds. The first-order valence-corrected chi connectivity index (χ1v) is 12.6. The van der Waals surface area contributed by atoms with E-state index in [0.717, 1.165) is 0 Å². The number of piperazine rings is 1. The number of urea groups is 1. The smallest absolute Gasteiger partial charge is 0.322 e. The summed E-state index contributed by atoms with van der Waals surface area (Å²) in [6.07, 6.45) is 0. The topological polar surface area (TPSA) is 68.8 Å². The lowest BCUT2D eigenvalue weighted by molar-refractivity contribution is 0.0741. The van der Waals surface area contributed by atoms with Gasteiger partial charge in [-0.05, 0) is 50.2 Å². The lowest BCUT2D eigenvalue weighted by atomic mass is 10.2. The summed E-state index contributed by atoms with van der Waals surface area (Å²) in [6.45, 7) is 6.22. The van der Waals surface area contributed by atoms with Crippen molar-refractivity contribution in [3.63, 3.8) is 0 Å². The van der Waals surface area contributed by atoms with Crippen molar-refractivity contribution in [2.24, 2.45) is 0 Å². The molecule has 7 nitrogen and oxygen atoms in total. The summed E-state index contributed by atoms with van der Waals surface area (Å²) >= 11 is 7.27. The van der Waals surface area contributed by atoms with Gasteiger partial charge in [-0.1, -0.05) is 23.7 Å². The standard InChI is InChI=1S/C25H27ClFN5O2S/c1-17(2)32(25(34)28-19-9-7-18(26)8-10-19)15-23-29-21(16-35-23)24(33)31-13-11-30(12-14-31)22-6-4-3-5-20(22)27/h3-10,16-17H,11-15H2,1-2H3,(H,28,34). The summed E-state index contributed by atoms with van der Waals surface area (Å²) in [5.41, 5.74) is 1.57. The summed E-state index contributed by atoms with van der Waals surface area (Å²) in [5.74, 6) is -0.409.